The molecule has 0 rings (SSSR count). The summed E-state index contributed by atoms with van der Waals surface area (Å²) >= 11 is 1.71. The van der Waals surface area contributed by atoms with E-state index >= 15 is 0 Å². The lowest BCUT2D eigenvalue weighted by molar-refractivity contribution is -0.140. The molecule has 0 aliphatic heterocycles. The van der Waals surface area contributed by atoms with Crippen LogP contribution in [0.25, 0.3) is 0 Å². The van der Waals surface area contributed by atoms with Crippen molar-refractivity contribution in [3.8, 4) is 0 Å². The van der Waals surface area contributed by atoms with Gasteiger partial charge in [-0.25, -0.2) is 0 Å². The van der Waals surface area contributed by atoms with Crippen LogP contribution in [0.3, 0.4) is 0 Å². The van der Waals surface area contributed by atoms with Crippen LogP contribution in [-0.4, -0.2) is 21.6 Å². The lowest BCUT2D eigenvalue weighted by atomic mass is 10.1. The minimum Gasteiger partial charge on any atom is -0.481 e. The molecule has 0 saturated carbocycles. The highest BCUT2D eigenvalue weighted by atomic mass is 32.2. The standard InChI is InChI=1S/C8H16O2S/c1-5(2)11-7(4)6(3)8(9)10/h5-7H,1-4H3,(H,9,10). The summed E-state index contributed by atoms with van der Waals surface area (Å²) in [4.78, 5) is 10.5. The van der Waals surface area contributed by atoms with Gasteiger partial charge in [0, 0.05) is 5.25 Å². The van der Waals surface area contributed by atoms with Gasteiger partial charge in [-0.1, -0.05) is 27.7 Å². The largest absolute Gasteiger partial charge is 0.481 e. The second-order valence-corrected chi connectivity index (χ2v) is 4.98. The predicted octanol–water partition coefficient (Wildman–Crippen LogP) is 2.24. The highest BCUT2D eigenvalue weighted by molar-refractivity contribution is 8.00. The first-order valence-corrected chi connectivity index (χ1v) is 4.77. The maximum atomic E-state index is 10.5. The van der Waals surface area contributed by atoms with E-state index in [0.29, 0.717) is 5.25 Å². The van der Waals surface area contributed by atoms with Crippen molar-refractivity contribution in [3.05, 3.63) is 0 Å². The van der Waals surface area contributed by atoms with Crippen molar-refractivity contribution in [2.24, 2.45) is 5.92 Å². The number of carboxylic acid groups (broad SMARTS) is 1. The van der Waals surface area contributed by atoms with Crippen LogP contribution >= 0.6 is 11.8 Å². The fourth-order valence-corrected chi connectivity index (χ4v) is 1.96. The first-order valence-electron chi connectivity index (χ1n) is 3.83. The van der Waals surface area contributed by atoms with Crippen LogP contribution in [-0.2, 0) is 4.79 Å². The molecular weight excluding hydrogens is 160 g/mol. The van der Waals surface area contributed by atoms with E-state index in [4.69, 9.17) is 5.11 Å². The Bertz CT molecular complexity index is 134. The summed E-state index contributed by atoms with van der Waals surface area (Å²) < 4.78 is 0. The van der Waals surface area contributed by atoms with Gasteiger partial charge in [0.05, 0.1) is 5.92 Å². The zero-order valence-corrected chi connectivity index (χ0v) is 8.31. The van der Waals surface area contributed by atoms with Gasteiger partial charge in [-0.3, -0.25) is 4.79 Å². The Balaban J connectivity index is 3.82. The minimum atomic E-state index is -0.703. The molecule has 2 unspecified atom stereocenters. The third-order valence-electron chi connectivity index (χ3n) is 1.58. The Kier molecular flexibility index (Phi) is 4.57. The zero-order valence-electron chi connectivity index (χ0n) is 7.50. The summed E-state index contributed by atoms with van der Waals surface area (Å²) in [5.74, 6) is -0.951. The lowest BCUT2D eigenvalue weighted by Gasteiger charge is -2.17. The van der Waals surface area contributed by atoms with Crippen LogP contribution in [0.5, 0.6) is 0 Å². The monoisotopic (exact) mass is 176 g/mol. The molecule has 1 N–H and O–H groups in total. The van der Waals surface area contributed by atoms with Gasteiger partial charge in [0.25, 0.3) is 0 Å². The van der Waals surface area contributed by atoms with Crippen molar-refractivity contribution in [1.29, 1.82) is 0 Å². The van der Waals surface area contributed by atoms with Gasteiger partial charge in [-0.2, -0.15) is 11.8 Å². The molecule has 0 aliphatic carbocycles. The van der Waals surface area contributed by atoms with Gasteiger partial charge in [0.1, 0.15) is 0 Å². The minimum absolute atomic E-state index is 0.201. The summed E-state index contributed by atoms with van der Waals surface area (Å²) in [7, 11) is 0. The first kappa shape index (κ1) is 10.8. The number of rotatable bonds is 4. The summed E-state index contributed by atoms with van der Waals surface area (Å²) in [6.45, 7) is 7.87. The number of carboxylic acids is 1. The van der Waals surface area contributed by atoms with Crippen molar-refractivity contribution in [2.45, 2.75) is 38.2 Å². The first-order chi connectivity index (χ1) is 4.95. The molecule has 66 valence electrons. The maximum absolute atomic E-state index is 10.5. The van der Waals surface area contributed by atoms with E-state index in [1.54, 1.807) is 18.7 Å². The van der Waals surface area contributed by atoms with Gasteiger partial charge in [-0.05, 0) is 5.25 Å². The molecule has 0 aromatic heterocycles. The maximum Gasteiger partial charge on any atom is 0.307 e. The number of thioether (sulfide) groups is 1. The average Bonchev–Trinajstić information content (AvgIpc) is 1.84. The molecule has 0 fully saturated rings. The highest BCUT2D eigenvalue weighted by Crippen LogP contribution is 2.23. The molecule has 0 heterocycles. The van der Waals surface area contributed by atoms with E-state index in [1.165, 1.54) is 0 Å². The molecule has 0 spiro atoms. The lowest BCUT2D eigenvalue weighted by Crippen LogP contribution is -2.21. The fraction of sp³-hybridized carbons (Fsp3) is 0.875. The second kappa shape index (κ2) is 4.65. The fourth-order valence-electron chi connectivity index (χ4n) is 0.748. The van der Waals surface area contributed by atoms with Crippen LogP contribution in [0.2, 0.25) is 0 Å². The number of aliphatic carboxylic acids is 1. The SMILES string of the molecule is CC(C)SC(C)C(C)C(=O)O. The quantitative estimate of drug-likeness (QED) is 0.713. The second-order valence-electron chi connectivity index (χ2n) is 3.02. The van der Waals surface area contributed by atoms with Crippen molar-refractivity contribution in [2.75, 3.05) is 0 Å². The summed E-state index contributed by atoms with van der Waals surface area (Å²) in [5, 5.41) is 9.36. The van der Waals surface area contributed by atoms with Crippen LogP contribution < -0.4 is 0 Å². The number of hydrogen-bond acceptors (Lipinski definition) is 2. The van der Waals surface area contributed by atoms with Crippen molar-refractivity contribution < 1.29 is 9.90 Å². The topological polar surface area (TPSA) is 37.3 Å². The molecule has 0 radical (unpaired) electrons. The molecule has 2 atom stereocenters. The molecule has 0 saturated heterocycles. The smallest absolute Gasteiger partial charge is 0.307 e. The van der Waals surface area contributed by atoms with Crippen molar-refractivity contribution in [1.82, 2.24) is 0 Å². The van der Waals surface area contributed by atoms with Gasteiger partial charge < -0.3 is 5.11 Å². The normalized spacial score (nSPS) is 16.5. The van der Waals surface area contributed by atoms with Gasteiger partial charge in [-0.15, -0.1) is 0 Å². The number of hydrogen-bond donors (Lipinski definition) is 1. The van der Waals surface area contributed by atoms with Crippen LogP contribution in [0, 0.1) is 5.92 Å². The van der Waals surface area contributed by atoms with E-state index in [9.17, 15) is 4.79 Å². The summed E-state index contributed by atoms with van der Waals surface area (Å²) in [6.07, 6.45) is 0. The zero-order chi connectivity index (χ0) is 9.02. The molecule has 0 amide bonds. The van der Waals surface area contributed by atoms with Crippen LogP contribution in [0.15, 0.2) is 0 Å². The molecular formula is C8H16O2S. The Hall–Kier alpha value is -0.180. The predicted molar refractivity (Wildman–Crippen MR) is 49.0 cm³/mol. The molecule has 2 nitrogen and oxygen atoms in total. The Morgan fingerprint density at radius 1 is 1.27 bits per heavy atom. The number of carbonyl (C=O) groups is 1. The summed E-state index contributed by atoms with van der Waals surface area (Å²) in [5.41, 5.74) is 0. The molecule has 0 bridgehead atoms. The van der Waals surface area contributed by atoms with Gasteiger partial charge in [0.2, 0.25) is 0 Å². The van der Waals surface area contributed by atoms with E-state index in [0.717, 1.165) is 0 Å². The molecule has 0 aromatic carbocycles. The third-order valence-corrected chi connectivity index (χ3v) is 2.96. The van der Waals surface area contributed by atoms with E-state index in [-0.39, 0.29) is 11.2 Å². The molecule has 11 heavy (non-hydrogen) atoms. The van der Waals surface area contributed by atoms with Crippen molar-refractivity contribution in [3.63, 3.8) is 0 Å². The Morgan fingerprint density at radius 3 is 2.00 bits per heavy atom. The van der Waals surface area contributed by atoms with Gasteiger partial charge in [0.15, 0.2) is 0 Å². The van der Waals surface area contributed by atoms with Crippen LogP contribution in [0.4, 0.5) is 0 Å². The van der Waals surface area contributed by atoms with E-state index in [2.05, 4.69) is 13.8 Å². The highest BCUT2D eigenvalue weighted by Gasteiger charge is 2.20. The molecule has 0 aliphatic rings. The molecule has 0 aromatic rings. The summed E-state index contributed by atoms with van der Waals surface area (Å²) in [6, 6.07) is 0. The Morgan fingerprint density at radius 2 is 1.73 bits per heavy atom. The van der Waals surface area contributed by atoms with E-state index in [1.807, 2.05) is 6.92 Å². The van der Waals surface area contributed by atoms with Crippen LogP contribution in [0.1, 0.15) is 27.7 Å². The van der Waals surface area contributed by atoms with Crippen molar-refractivity contribution >= 4 is 17.7 Å². The molecule has 3 heteroatoms. The van der Waals surface area contributed by atoms with Gasteiger partial charge >= 0.3 is 5.97 Å². The average molecular weight is 176 g/mol. The van der Waals surface area contributed by atoms with E-state index < -0.39 is 5.97 Å². The third kappa shape index (κ3) is 4.30. The Labute approximate surface area is 72.4 Å².